The summed E-state index contributed by atoms with van der Waals surface area (Å²) >= 11 is 0. The molecule has 0 aliphatic heterocycles. The van der Waals surface area contributed by atoms with Crippen LogP contribution >= 0.6 is 0 Å². The molecule has 0 aromatic rings. The third-order valence-electron chi connectivity index (χ3n) is 5.17. The minimum absolute atomic E-state index is 0.0507. The van der Waals surface area contributed by atoms with Gasteiger partial charge >= 0.3 is 0 Å². The van der Waals surface area contributed by atoms with Gasteiger partial charge in [0, 0.05) is 12.5 Å². The molecule has 15 heavy (non-hydrogen) atoms. The first-order chi connectivity index (χ1) is 6.92. The zero-order valence-electron chi connectivity index (χ0n) is 10.2. The second kappa shape index (κ2) is 3.46. The van der Waals surface area contributed by atoms with Crippen molar-refractivity contribution in [3.63, 3.8) is 0 Å². The Morgan fingerprint density at radius 3 is 2.40 bits per heavy atom. The Balaban J connectivity index is 2.29. The maximum Gasteiger partial charge on any atom is 0.0646 e. The highest BCUT2D eigenvalue weighted by Gasteiger charge is 2.57. The molecule has 2 rings (SSSR count). The molecule has 2 aliphatic carbocycles. The summed E-state index contributed by atoms with van der Waals surface area (Å²) in [5.41, 5.74) is 0.382. The van der Waals surface area contributed by atoms with Crippen molar-refractivity contribution in [2.45, 2.75) is 52.6 Å². The van der Waals surface area contributed by atoms with Crippen molar-refractivity contribution in [3.8, 4) is 0 Å². The average molecular weight is 212 g/mol. The van der Waals surface area contributed by atoms with Gasteiger partial charge in [-0.1, -0.05) is 27.2 Å². The van der Waals surface area contributed by atoms with Gasteiger partial charge < -0.3 is 10.2 Å². The molecule has 0 aromatic heterocycles. The molecule has 2 nitrogen and oxygen atoms in total. The Morgan fingerprint density at radius 1 is 1.20 bits per heavy atom. The number of aliphatic hydroxyl groups excluding tert-OH is 2. The fourth-order valence-electron chi connectivity index (χ4n) is 4.25. The van der Waals surface area contributed by atoms with E-state index in [4.69, 9.17) is 0 Å². The lowest BCUT2D eigenvalue weighted by Gasteiger charge is -2.48. The van der Waals surface area contributed by atoms with Crippen molar-refractivity contribution in [3.05, 3.63) is 0 Å². The maximum atomic E-state index is 10.3. The van der Waals surface area contributed by atoms with Crippen LogP contribution in [0.1, 0.15) is 46.5 Å². The topological polar surface area (TPSA) is 40.5 Å². The van der Waals surface area contributed by atoms with Crippen molar-refractivity contribution in [2.24, 2.45) is 22.7 Å². The third-order valence-corrected chi connectivity index (χ3v) is 5.17. The molecule has 0 aromatic carbocycles. The summed E-state index contributed by atoms with van der Waals surface area (Å²) < 4.78 is 0. The van der Waals surface area contributed by atoms with E-state index < -0.39 is 0 Å². The maximum absolute atomic E-state index is 10.3. The highest BCUT2D eigenvalue weighted by atomic mass is 16.3. The Labute approximate surface area is 92.7 Å². The van der Waals surface area contributed by atoms with Gasteiger partial charge in [-0.3, -0.25) is 0 Å². The van der Waals surface area contributed by atoms with Crippen LogP contribution in [0, 0.1) is 22.7 Å². The summed E-state index contributed by atoms with van der Waals surface area (Å²) in [6, 6.07) is 0. The molecule has 2 aliphatic rings. The first-order valence-corrected chi connectivity index (χ1v) is 6.21. The van der Waals surface area contributed by atoms with E-state index >= 15 is 0 Å². The van der Waals surface area contributed by atoms with Crippen LogP contribution in [0.2, 0.25) is 0 Å². The minimum atomic E-state index is -0.299. The summed E-state index contributed by atoms with van der Waals surface area (Å²) in [6.45, 7) is 7.01. The van der Waals surface area contributed by atoms with Crippen LogP contribution in [0.25, 0.3) is 0 Å². The van der Waals surface area contributed by atoms with Crippen molar-refractivity contribution in [2.75, 3.05) is 6.61 Å². The zero-order chi connectivity index (χ0) is 11.3. The van der Waals surface area contributed by atoms with Gasteiger partial charge in [-0.2, -0.15) is 0 Å². The predicted octanol–water partition coefficient (Wildman–Crippen LogP) is 2.19. The van der Waals surface area contributed by atoms with Crippen molar-refractivity contribution < 1.29 is 10.2 Å². The molecule has 2 saturated carbocycles. The highest BCUT2D eigenvalue weighted by molar-refractivity contribution is 5.06. The highest BCUT2D eigenvalue weighted by Crippen LogP contribution is 2.60. The van der Waals surface area contributed by atoms with Gasteiger partial charge in [-0.15, -0.1) is 0 Å². The van der Waals surface area contributed by atoms with Crippen molar-refractivity contribution in [1.82, 2.24) is 0 Å². The SMILES string of the molecule is CC1(C)CCC[C@@]2(C)[C@@H](O)[C@H](CO)C[C@@H]12. The number of hydrogen-bond acceptors (Lipinski definition) is 2. The van der Waals surface area contributed by atoms with Crippen LogP contribution in [-0.4, -0.2) is 22.9 Å². The lowest BCUT2D eigenvalue weighted by Crippen LogP contribution is -2.44. The molecule has 0 saturated heterocycles. The summed E-state index contributed by atoms with van der Waals surface area (Å²) in [5, 5.41) is 19.6. The molecule has 0 heterocycles. The third kappa shape index (κ3) is 1.53. The monoisotopic (exact) mass is 212 g/mol. The first kappa shape index (κ1) is 11.4. The summed E-state index contributed by atoms with van der Waals surface area (Å²) in [6.07, 6.45) is 4.31. The van der Waals surface area contributed by atoms with E-state index in [0.717, 1.165) is 12.8 Å². The fourth-order valence-corrected chi connectivity index (χ4v) is 4.25. The minimum Gasteiger partial charge on any atom is -0.396 e. The number of rotatable bonds is 1. The summed E-state index contributed by atoms with van der Waals surface area (Å²) in [5.74, 6) is 0.684. The van der Waals surface area contributed by atoms with Crippen molar-refractivity contribution >= 4 is 0 Å². The van der Waals surface area contributed by atoms with Crippen LogP contribution in [0.3, 0.4) is 0 Å². The Kier molecular flexibility index (Phi) is 2.63. The second-order valence-corrected chi connectivity index (χ2v) is 6.52. The second-order valence-electron chi connectivity index (χ2n) is 6.52. The molecule has 0 unspecified atom stereocenters. The van der Waals surface area contributed by atoms with Gasteiger partial charge in [-0.05, 0) is 36.0 Å². The molecule has 2 N–H and O–H groups in total. The van der Waals surface area contributed by atoms with E-state index in [1.165, 1.54) is 12.8 Å². The van der Waals surface area contributed by atoms with Gasteiger partial charge in [0.1, 0.15) is 0 Å². The lowest BCUT2D eigenvalue weighted by atomic mass is 9.57. The summed E-state index contributed by atoms with van der Waals surface area (Å²) in [4.78, 5) is 0. The van der Waals surface area contributed by atoms with Gasteiger partial charge in [0.2, 0.25) is 0 Å². The van der Waals surface area contributed by atoms with Crippen molar-refractivity contribution in [1.29, 1.82) is 0 Å². The van der Waals surface area contributed by atoms with Gasteiger partial charge in [0.25, 0.3) is 0 Å². The number of fused-ring (bicyclic) bond motifs is 1. The molecule has 0 radical (unpaired) electrons. The van der Waals surface area contributed by atoms with Crippen LogP contribution in [0.4, 0.5) is 0 Å². The summed E-state index contributed by atoms with van der Waals surface area (Å²) in [7, 11) is 0. The predicted molar refractivity (Wildman–Crippen MR) is 60.4 cm³/mol. The molecule has 0 bridgehead atoms. The van der Waals surface area contributed by atoms with Crippen LogP contribution in [-0.2, 0) is 0 Å². The quantitative estimate of drug-likeness (QED) is 0.699. The molecule has 88 valence electrons. The smallest absolute Gasteiger partial charge is 0.0646 e. The van der Waals surface area contributed by atoms with Gasteiger partial charge in [0.15, 0.2) is 0 Å². The largest absolute Gasteiger partial charge is 0.396 e. The number of aliphatic hydroxyl groups is 2. The number of hydrogen-bond donors (Lipinski definition) is 2. The van der Waals surface area contributed by atoms with Gasteiger partial charge in [-0.25, -0.2) is 0 Å². The normalized spacial score (nSPS) is 49.0. The van der Waals surface area contributed by atoms with E-state index in [0.29, 0.717) is 11.3 Å². The molecule has 2 heteroatoms. The van der Waals surface area contributed by atoms with E-state index in [9.17, 15) is 10.2 Å². The Bertz CT molecular complexity index is 249. The first-order valence-electron chi connectivity index (χ1n) is 6.21. The molecule has 4 atom stereocenters. The average Bonchev–Trinajstić information content (AvgIpc) is 2.41. The van der Waals surface area contributed by atoms with Gasteiger partial charge in [0.05, 0.1) is 6.10 Å². The van der Waals surface area contributed by atoms with E-state index in [1.54, 1.807) is 0 Å². The Morgan fingerprint density at radius 2 is 1.87 bits per heavy atom. The van der Waals surface area contributed by atoms with Crippen LogP contribution in [0.5, 0.6) is 0 Å². The Hall–Kier alpha value is -0.0800. The molecule has 2 fully saturated rings. The molecule has 0 spiro atoms. The lowest BCUT2D eigenvalue weighted by molar-refractivity contribution is -0.0510. The standard InChI is InChI=1S/C13H24O2/c1-12(2)5-4-6-13(3)10(12)7-9(8-14)11(13)15/h9-11,14-15H,4-8H2,1-3H3/t9-,10-,11-,13+/m0/s1. The van der Waals surface area contributed by atoms with Crippen LogP contribution < -0.4 is 0 Å². The van der Waals surface area contributed by atoms with E-state index in [2.05, 4.69) is 20.8 Å². The molecule has 0 amide bonds. The molecular formula is C13H24O2. The van der Waals surface area contributed by atoms with E-state index in [1.807, 2.05) is 0 Å². The fraction of sp³-hybridized carbons (Fsp3) is 1.00. The van der Waals surface area contributed by atoms with Crippen LogP contribution in [0.15, 0.2) is 0 Å². The molecular weight excluding hydrogens is 188 g/mol. The zero-order valence-corrected chi connectivity index (χ0v) is 10.2. The van der Waals surface area contributed by atoms with E-state index in [-0.39, 0.29) is 24.0 Å².